The fourth-order valence-electron chi connectivity index (χ4n) is 1.74. The second-order valence-corrected chi connectivity index (χ2v) is 5.19. The molecule has 17 heavy (non-hydrogen) atoms. The first-order chi connectivity index (χ1) is 8.10. The van der Waals surface area contributed by atoms with Crippen LogP contribution in [0.5, 0.6) is 0 Å². The number of nitrogens with zero attached hydrogens (tertiary/aromatic N) is 1. The summed E-state index contributed by atoms with van der Waals surface area (Å²) in [5.41, 5.74) is 1.05. The van der Waals surface area contributed by atoms with Crippen molar-refractivity contribution in [3.63, 3.8) is 0 Å². The second-order valence-electron chi connectivity index (χ2n) is 4.28. The van der Waals surface area contributed by atoms with Gasteiger partial charge in [0, 0.05) is 23.7 Å². The Hall–Kier alpha value is -1.03. The minimum Gasteiger partial charge on any atom is -0.477 e. The average molecular weight is 255 g/mol. The second kappa shape index (κ2) is 6.64. The molecule has 0 aliphatic carbocycles. The lowest BCUT2D eigenvalue weighted by Crippen LogP contribution is -2.33. The highest BCUT2D eigenvalue weighted by Gasteiger charge is 2.16. The summed E-state index contributed by atoms with van der Waals surface area (Å²) in [6.07, 6.45) is 3.37. The van der Waals surface area contributed by atoms with E-state index >= 15 is 0 Å². The van der Waals surface area contributed by atoms with Crippen molar-refractivity contribution in [3.8, 4) is 0 Å². The van der Waals surface area contributed by atoms with E-state index in [1.807, 2.05) is 5.38 Å². The summed E-state index contributed by atoms with van der Waals surface area (Å²) in [6, 6.07) is 2.24. The molecule has 0 saturated carbocycles. The maximum Gasteiger partial charge on any atom is 0.345 e. The molecule has 0 aromatic carbocycles. The highest BCUT2D eigenvalue weighted by Crippen LogP contribution is 2.26. The number of hydrogen-bond acceptors (Lipinski definition) is 3. The molecule has 1 atom stereocenters. The molecule has 1 unspecified atom stereocenters. The molecule has 0 saturated heterocycles. The fourth-order valence-corrected chi connectivity index (χ4v) is 2.48. The van der Waals surface area contributed by atoms with E-state index in [-0.39, 0.29) is 0 Å². The van der Waals surface area contributed by atoms with Crippen molar-refractivity contribution >= 4 is 23.0 Å². The van der Waals surface area contributed by atoms with Crippen LogP contribution in [0.15, 0.2) is 11.4 Å². The van der Waals surface area contributed by atoms with E-state index in [0.29, 0.717) is 10.9 Å². The van der Waals surface area contributed by atoms with E-state index in [1.165, 1.54) is 11.3 Å². The number of hydrogen-bond donors (Lipinski definition) is 1. The van der Waals surface area contributed by atoms with E-state index in [2.05, 4.69) is 25.7 Å². The van der Waals surface area contributed by atoms with Crippen LogP contribution in [0.2, 0.25) is 0 Å². The average Bonchev–Trinajstić information content (AvgIpc) is 2.78. The van der Waals surface area contributed by atoms with Crippen LogP contribution in [-0.2, 0) is 0 Å². The summed E-state index contributed by atoms with van der Waals surface area (Å²) >= 11 is 1.31. The van der Waals surface area contributed by atoms with Crippen LogP contribution in [0.25, 0.3) is 0 Å². The Morgan fingerprint density at radius 2 is 2.24 bits per heavy atom. The first-order valence-electron chi connectivity index (χ1n) is 6.18. The molecule has 0 spiro atoms. The van der Waals surface area contributed by atoms with Gasteiger partial charge in [0.2, 0.25) is 0 Å². The molecule has 0 radical (unpaired) electrons. The Balaban J connectivity index is 2.83. The van der Waals surface area contributed by atoms with Gasteiger partial charge in [-0.05, 0) is 25.8 Å². The predicted octanol–water partition coefficient (Wildman–Crippen LogP) is 3.85. The Labute approximate surface area is 107 Å². The molecule has 4 heteroatoms. The van der Waals surface area contributed by atoms with Crippen LogP contribution in [-0.4, -0.2) is 23.7 Å². The molecule has 1 heterocycles. The first-order valence-corrected chi connectivity index (χ1v) is 7.06. The molecule has 0 amide bonds. The number of carboxylic acids is 1. The van der Waals surface area contributed by atoms with Gasteiger partial charge in [-0.2, -0.15) is 0 Å². The van der Waals surface area contributed by atoms with Gasteiger partial charge in [0.1, 0.15) is 4.88 Å². The molecule has 0 aliphatic heterocycles. The van der Waals surface area contributed by atoms with Gasteiger partial charge in [0.15, 0.2) is 0 Å². The third kappa shape index (κ3) is 3.73. The van der Waals surface area contributed by atoms with E-state index in [1.54, 1.807) is 6.07 Å². The number of carboxylic acid groups (broad SMARTS) is 1. The van der Waals surface area contributed by atoms with Crippen molar-refractivity contribution in [2.24, 2.45) is 0 Å². The van der Waals surface area contributed by atoms with Crippen molar-refractivity contribution in [2.45, 2.75) is 46.1 Å². The van der Waals surface area contributed by atoms with Crippen LogP contribution in [0.3, 0.4) is 0 Å². The van der Waals surface area contributed by atoms with Gasteiger partial charge in [-0.15, -0.1) is 11.3 Å². The van der Waals surface area contributed by atoms with Crippen LogP contribution < -0.4 is 4.90 Å². The van der Waals surface area contributed by atoms with Crippen LogP contribution in [0.4, 0.5) is 5.69 Å². The molecule has 1 aromatic heterocycles. The normalized spacial score (nSPS) is 12.4. The van der Waals surface area contributed by atoms with Crippen LogP contribution >= 0.6 is 11.3 Å². The first kappa shape index (κ1) is 14.0. The van der Waals surface area contributed by atoms with Gasteiger partial charge in [-0.25, -0.2) is 4.79 Å². The summed E-state index contributed by atoms with van der Waals surface area (Å²) in [7, 11) is 0. The van der Waals surface area contributed by atoms with E-state index < -0.39 is 5.97 Å². The monoisotopic (exact) mass is 255 g/mol. The number of thiophene rings is 1. The van der Waals surface area contributed by atoms with Crippen molar-refractivity contribution < 1.29 is 9.90 Å². The van der Waals surface area contributed by atoms with Gasteiger partial charge in [-0.1, -0.05) is 20.3 Å². The Morgan fingerprint density at radius 1 is 1.53 bits per heavy atom. The van der Waals surface area contributed by atoms with Crippen LogP contribution in [0.1, 0.15) is 49.7 Å². The third-order valence-corrected chi connectivity index (χ3v) is 3.91. The minimum atomic E-state index is -0.833. The molecule has 3 nitrogen and oxygen atoms in total. The quantitative estimate of drug-likeness (QED) is 0.804. The van der Waals surface area contributed by atoms with Gasteiger partial charge in [0.05, 0.1) is 0 Å². The standard InChI is InChI=1S/C13H21NO2S/c1-4-6-7-14(10(3)5-2)11-8-12(13(15)16)17-9-11/h8-10H,4-7H2,1-3H3,(H,15,16). The maximum absolute atomic E-state index is 10.9. The molecule has 0 bridgehead atoms. The zero-order valence-corrected chi connectivity index (χ0v) is 11.6. The van der Waals surface area contributed by atoms with Crippen molar-refractivity contribution in [3.05, 3.63) is 16.3 Å². The Bertz CT molecular complexity index is 362. The number of aromatic carboxylic acids is 1. The largest absolute Gasteiger partial charge is 0.477 e. The minimum absolute atomic E-state index is 0.421. The van der Waals surface area contributed by atoms with Crippen molar-refractivity contribution in [1.29, 1.82) is 0 Å². The molecular weight excluding hydrogens is 234 g/mol. The van der Waals surface area contributed by atoms with Gasteiger partial charge in [0.25, 0.3) is 0 Å². The van der Waals surface area contributed by atoms with Crippen molar-refractivity contribution in [1.82, 2.24) is 0 Å². The zero-order chi connectivity index (χ0) is 12.8. The lowest BCUT2D eigenvalue weighted by Gasteiger charge is -2.29. The fraction of sp³-hybridized carbons (Fsp3) is 0.615. The van der Waals surface area contributed by atoms with Gasteiger partial charge < -0.3 is 10.0 Å². The van der Waals surface area contributed by atoms with Crippen molar-refractivity contribution in [2.75, 3.05) is 11.4 Å². The van der Waals surface area contributed by atoms with E-state index in [4.69, 9.17) is 5.11 Å². The molecule has 0 aliphatic rings. The molecule has 96 valence electrons. The summed E-state index contributed by atoms with van der Waals surface area (Å²) in [5, 5.41) is 10.9. The number of unbranched alkanes of at least 4 members (excludes halogenated alkanes) is 1. The topological polar surface area (TPSA) is 40.5 Å². The predicted molar refractivity (Wildman–Crippen MR) is 73.3 cm³/mol. The molecule has 1 rings (SSSR count). The number of anilines is 1. The zero-order valence-electron chi connectivity index (χ0n) is 10.8. The number of rotatable bonds is 7. The van der Waals surface area contributed by atoms with Gasteiger partial charge in [-0.3, -0.25) is 0 Å². The van der Waals surface area contributed by atoms with E-state index in [9.17, 15) is 4.79 Å². The molecular formula is C13H21NO2S. The SMILES string of the molecule is CCCCN(c1csc(C(=O)O)c1)C(C)CC. The smallest absolute Gasteiger partial charge is 0.345 e. The lowest BCUT2D eigenvalue weighted by molar-refractivity contribution is 0.0702. The molecule has 0 fully saturated rings. The van der Waals surface area contributed by atoms with Crippen LogP contribution in [0, 0.1) is 0 Å². The molecule has 1 N–H and O–H groups in total. The maximum atomic E-state index is 10.9. The highest BCUT2D eigenvalue weighted by molar-refractivity contribution is 7.12. The third-order valence-electron chi connectivity index (χ3n) is 3.00. The number of carbonyl (C=O) groups is 1. The summed E-state index contributed by atoms with van der Waals surface area (Å²) < 4.78 is 0. The summed E-state index contributed by atoms with van der Waals surface area (Å²) in [5.74, 6) is -0.833. The summed E-state index contributed by atoms with van der Waals surface area (Å²) in [4.78, 5) is 13.6. The summed E-state index contributed by atoms with van der Waals surface area (Å²) in [6.45, 7) is 7.52. The Morgan fingerprint density at radius 3 is 2.71 bits per heavy atom. The molecule has 1 aromatic rings. The highest BCUT2D eigenvalue weighted by atomic mass is 32.1. The van der Waals surface area contributed by atoms with E-state index in [0.717, 1.165) is 31.5 Å². The Kier molecular flexibility index (Phi) is 5.48. The van der Waals surface area contributed by atoms with Gasteiger partial charge >= 0.3 is 5.97 Å². The lowest BCUT2D eigenvalue weighted by atomic mass is 10.2.